The first-order valence-electron chi connectivity index (χ1n) is 5.84. The summed E-state index contributed by atoms with van der Waals surface area (Å²) in [6.45, 7) is 1.84. The van der Waals surface area contributed by atoms with Gasteiger partial charge in [-0.25, -0.2) is 0 Å². The Labute approximate surface area is 120 Å². The molecule has 6 nitrogen and oxygen atoms in total. The van der Waals surface area contributed by atoms with Crippen LogP contribution in [0.15, 0.2) is 22.7 Å². The van der Waals surface area contributed by atoms with Crippen LogP contribution in [0, 0.1) is 0 Å². The molecule has 1 aromatic carbocycles. The molecular formula is C13H13ClN2O4. The SMILES string of the molecule is COCc1nc(COc2ccc(C(C)=O)cc2Cl)no1. The van der Waals surface area contributed by atoms with Crippen LogP contribution in [0.3, 0.4) is 0 Å². The molecule has 106 valence electrons. The number of carbonyl (C=O) groups is 1. The summed E-state index contributed by atoms with van der Waals surface area (Å²) < 4.78 is 15.3. The molecule has 0 radical (unpaired) electrons. The Hall–Kier alpha value is -1.92. The zero-order valence-electron chi connectivity index (χ0n) is 11.1. The van der Waals surface area contributed by atoms with Crippen LogP contribution in [0.4, 0.5) is 0 Å². The van der Waals surface area contributed by atoms with E-state index in [-0.39, 0.29) is 19.0 Å². The van der Waals surface area contributed by atoms with E-state index < -0.39 is 0 Å². The third-order valence-corrected chi connectivity index (χ3v) is 2.77. The van der Waals surface area contributed by atoms with Crippen molar-refractivity contribution in [2.75, 3.05) is 7.11 Å². The minimum absolute atomic E-state index is 0.0548. The average Bonchev–Trinajstić information content (AvgIpc) is 2.85. The van der Waals surface area contributed by atoms with Crippen LogP contribution < -0.4 is 4.74 Å². The summed E-state index contributed by atoms with van der Waals surface area (Å²) in [6.07, 6.45) is 0. The molecular weight excluding hydrogens is 284 g/mol. The van der Waals surface area contributed by atoms with Crippen LogP contribution >= 0.6 is 11.6 Å². The third kappa shape index (κ3) is 3.55. The molecule has 0 aliphatic heterocycles. The molecule has 0 bridgehead atoms. The molecule has 1 heterocycles. The Kier molecular flexibility index (Phi) is 4.70. The summed E-state index contributed by atoms with van der Waals surface area (Å²) >= 11 is 6.03. The number of benzene rings is 1. The van der Waals surface area contributed by atoms with Gasteiger partial charge < -0.3 is 14.0 Å². The summed E-state index contributed by atoms with van der Waals surface area (Å²) in [5.41, 5.74) is 0.532. The lowest BCUT2D eigenvalue weighted by Crippen LogP contribution is -1.99. The predicted octanol–water partition coefficient (Wildman–Crippen LogP) is 2.65. The lowest BCUT2D eigenvalue weighted by Gasteiger charge is -2.06. The summed E-state index contributed by atoms with van der Waals surface area (Å²) in [5.74, 6) is 1.17. The maximum absolute atomic E-state index is 11.2. The van der Waals surface area contributed by atoms with Crippen molar-refractivity contribution >= 4 is 17.4 Å². The lowest BCUT2D eigenvalue weighted by molar-refractivity contribution is 0.101. The van der Waals surface area contributed by atoms with Crippen LogP contribution in [0.5, 0.6) is 5.75 Å². The van der Waals surface area contributed by atoms with Gasteiger partial charge in [0, 0.05) is 12.7 Å². The van der Waals surface area contributed by atoms with E-state index in [9.17, 15) is 4.79 Å². The van der Waals surface area contributed by atoms with Gasteiger partial charge in [-0.15, -0.1) is 0 Å². The number of ether oxygens (including phenoxy) is 2. The molecule has 0 N–H and O–H groups in total. The molecule has 0 saturated carbocycles. The first kappa shape index (κ1) is 14.5. The van der Waals surface area contributed by atoms with Gasteiger partial charge >= 0.3 is 0 Å². The van der Waals surface area contributed by atoms with E-state index in [1.807, 2.05) is 0 Å². The Balaban J connectivity index is 2.01. The number of ketones is 1. The molecule has 0 atom stereocenters. The Morgan fingerprint density at radius 1 is 1.40 bits per heavy atom. The van der Waals surface area contributed by atoms with Crippen LogP contribution in [0.1, 0.15) is 29.0 Å². The van der Waals surface area contributed by atoms with E-state index in [0.29, 0.717) is 28.1 Å². The van der Waals surface area contributed by atoms with Gasteiger partial charge in [-0.1, -0.05) is 16.8 Å². The highest BCUT2D eigenvalue weighted by molar-refractivity contribution is 6.32. The van der Waals surface area contributed by atoms with Crippen molar-refractivity contribution in [3.05, 3.63) is 40.5 Å². The quantitative estimate of drug-likeness (QED) is 0.763. The van der Waals surface area contributed by atoms with Crippen molar-refractivity contribution < 1.29 is 18.8 Å². The number of methoxy groups -OCH3 is 1. The molecule has 0 saturated heterocycles. The van der Waals surface area contributed by atoms with Crippen molar-refractivity contribution in [2.24, 2.45) is 0 Å². The lowest BCUT2D eigenvalue weighted by atomic mass is 10.1. The Bertz CT molecular complexity index is 612. The average molecular weight is 297 g/mol. The highest BCUT2D eigenvalue weighted by Gasteiger charge is 2.09. The van der Waals surface area contributed by atoms with E-state index in [4.69, 9.17) is 25.6 Å². The topological polar surface area (TPSA) is 74.5 Å². The molecule has 0 unspecified atom stereocenters. The zero-order valence-corrected chi connectivity index (χ0v) is 11.8. The van der Waals surface area contributed by atoms with Gasteiger partial charge in [-0.05, 0) is 25.1 Å². The van der Waals surface area contributed by atoms with Gasteiger partial charge in [0.05, 0.1) is 5.02 Å². The van der Waals surface area contributed by atoms with E-state index in [1.54, 1.807) is 18.2 Å². The van der Waals surface area contributed by atoms with Crippen LogP contribution in [0.25, 0.3) is 0 Å². The molecule has 0 amide bonds. The van der Waals surface area contributed by atoms with Crippen LogP contribution in [-0.2, 0) is 18.0 Å². The van der Waals surface area contributed by atoms with Crippen molar-refractivity contribution in [1.29, 1.82) is 0 Å². The molecule has 2 aromatic rings. The van der Waals surface area contributed by atoms with Gasteiger partial charge in [0.15, 0.2) is 12.4 Å². The number of aromatic nitrogens is 2. The number of Topliss-reactive ketones (excluding diaryl/α,β-unsaturated/α-hetero) is 1. The number of hydrogen-bond acceptors (Lipinski definition) is 6. The smallest absolute Gasteiger partial charge is 0.252 e. The second-order valence-corrected chi connectivity index (χ2v) is 4.43. The highest BCUT2D eigenvalue weighted by Crippen LogP contribution is 2.26. The monoisotopic (exact) mass is 296 g/mol. The molecule has 2 rings (SSSR count). The van der Waals surface area contributed by atoms with Crippen molar-refractivity contribution in [3.8, 4) is 5.75 Å². The maximum Gasteiger partial charge on any atom is 0.252 e. The minimum atomic E-state index is -0.0548. The van der Waals surface area contributed by atoms with E-state index >= 15 is 0 Å². The van der Waals surface area contributed by atoms with Crippen molar-refractivity contribution in [1.82, 2.24) is 10.1 Å². The number of halogens is 1. The van der Waals surface area contributed by atoms with Crippen molar-refractivity contribution in [3.63, 3.8) is 0 Å². The summed E-state index contributed by atoms with van der Waals surface area (Å²) in [4.78, 5) is 15.3. The Morgan fingerprint density at radius 2 is 2.20 bits per heavy atom. The van der Waals surface area contributed by atoms with Gasteiger partial charge in [0.1, 0.15) is 12.4 Å². The summed E-state index contributed by atoms with van der Waals surface area (Å²) in [6, 6.07) is 4.84. The third-order valence-electron chi connectivity index (χ3n) is 2.47. The van der Waals surface area contributed by atoms with Crippen molar-refractivity contribution in [2.45, 2.75) is 20.1 Å². The van der Waals surface area contributed by atoms with Crippen LogP contribution in [-0.4, -0.2) is 23.0 Å². The molecule has 20 heavy (non-hydrogen) atoms. The minimum Gasteiger partial charge on any atom is -0.484 e. The summed E-state index contributed by atoms with van der Waals surface area (Å²) in [7, 11) is 1.54. The normalized spacial score (nSPS) is 10.6. The fraction of sp³-hybridized carbons (Fsp3) is 0.308. The number of hydrogen-bond donors (Lipinski definition) is 0. The van der Waals surface area contributed by atoms with Crippen LogP contribution in [0.2, 0.25) is 5.02 Å². The van der Waals surface area contributed by atoms with E-state index in [1.165, 1.54) is 14.0 Å². The second-order valence-electron chi connectivity index (χ2n) is 4.03. The Morgan fingerprint density at radius 3 is 2.85 bits per heavy atom. The van der Waals surface area contributed by atoms with E-state index in [0.717, 1.165) is 0 Å². The zero-order chi connectivity index (χ0) is 14.5. The predicted molar refractivity (Wildman–Crippen MR) is 70.8 cm³/mol. The first-order chi connectivity index (χ1) is 9.60. The molecule has 1 aromatic heterocycles. The molecule has 0 spiro atoms. The second kappa shape index (κ2) is 6.49. The van der Waals surface area contributed by atoms with Gasteiger partial charge in [-0.3, -0.25) is 4.79 Å². The largest absolute Gasteiger partial charge is 0.484 e. The van der Waals surface area contributed by atoms with Gasteiger partial charge in [0.25, 0.3) is 5.89 Å². The maximum atomic E-state index is 11.2. The fourth-order valence-electron chi connectivity index (χ4n) is 1.51. The number of rotatable bonds is 6. The molecule has 0 fully saturated rings. The molecule has 7 heteroatoms. The first-order valence-corrected chi connectivity index (χ1v) is 6.21. The summed E-state index contributed by atoms with van der Waals surface area (Å²) in [5, 5.41) is 4.10. The number of carbonyl (C=O) groups excluding carboxylic acids is 1. The van der Waals surface area contributed by atoms with E-state index in [2.05, 4.69) is 10.1 Å². The fourth-order valence-corrected chi connectivity index (χ4v) is 1.75. The number of nitrogens with zero attached hydrogens (tertiary/aromatic N) is 2. The standard InChI is InChI=1S/C13H13ClN2O4/c1-8(17)9-3-4-11(10(14)5-9)19-6-12-15-13(7-18-2)20-16-12/h3-5H,6-7H2,1-2H3. The van der Waals surface area contributed by atoms with Gasteiger partial charge in [0.2, 0.25) is 5.82 Å². The highest BCUT2D eigenvalue weighted by atomic mass is 35.5. The molecule has 0 aliphatic carbocycles. The molecule has 0 aliphatic rings. The van der Waals surface area contributed by atoms with Gasteiger partial charge in [-0.2, -0.15) is 4.98 Å².